The molecule has 0 radical (unpaired) electrons. The van der Waals surface area contributed by atoms with Crippen molar-refractivity contribution in [3.8, 4) is 0 Å². The number of rotatable bonds is 4. The molecule has 1 aromatic rings. The molecule has 12 heavy (non-hydrogen) atoms. The third-order valence-electron chi connectivity index (χ3n) is 1.68. The molecule has 0 atom stereocenters. The van der Waals surface area contributed by atoms with E-state index in [0.29, 0.717) is 0 Å². The van der Waals surface area contributed by atoms with Gasteiger partial charge in [0.1, 0.15) is 0 Å². The van der Waals surface area contributed by atoms with Crippen molar-refractivity contribution in [2.24, 2.45) is 0 Å². The van der Waals surface area contributed by atoms with Crippen molar-refractivity contribution in [2.45, 2.75) is 12.7 Å². The first kappa shape index (κ1) is 9.62. The van der Waals surface area contributed by atoms with Crippen LogP contribution in [0.1, 0.15) is 11.1 Å². The zero-order valence-corrected chi connectivity index (χ0v) is 8.36. The van der Waals surface area contributed by atoms with Crippen molar-refractivity contribution in [3.05, 3.63) is 35.4 Å². The minimum Gasteiger partial charge on any atom is -0.357 e. The highest BCUT2D eigenvalue weighted by atomic mass is 32.2. The maximum absolute atomic E-state index is 3.81. The molecule has 0 fully saturated rings. The molecule has 0 amide bonds. The van der Waals surface area contributed by atoms with Gasteiger partial charge in [-0.2, -0.15) is 11.8 Å². The Kier molecular flexibility index (Phi) is 4.19. The Bertz CT molecular complexity index is 218. The summed E-state index contributed by atoms with van der Waals surface area (Å²) in [6.07, 6.45) is 0. The largest absolute Gasteiger partial charge is 0.357 e. The molecule has 0 aliphatic rings. The zero-order valence-electron chi connectivity index (χ0n) is 7.55. The van der Waals surface area contributed by atoms with E-state index in [2.05, 4.69) is 36.9 Å². The summed E-state index contributed by atoms with van der Waals surface area (Å²) in [5.41, 5.74) is 6.56. The summed E-state index contributed by atoms with van der Waals surface area (Å²) >= 11 is 1.95. The van der Waals surface area contributed by atoms with Crippen LogP contribution in [0.5, 0.6) is 0 Å². The molecule has 0 aliphatic heterocycles. The lowest BCUT2D eigenvalue weighted by Gasteiger charge is -1.99. The minimum absolute atomic E-state index is 1.02. The quantitative estimate of drug-likeness (QED) is 0.702. The van der Waals surface area contributed by atoms with Gasteiger partial charge in [0.05, 0.1) is 6.54 Å². The van der Waals surface area contributed by atoms with Gasteiger partial charge in [-0.15, -0.1) is 0 Å². The average molecular weight is 182 g/mol. The second-order valence-corrected chi connectivity index (χ2v) is 4.00. The Balaban J connectivity index is 2.37. The van der Waals surface area contributed by atoms with Crippen LogP contribution in [0.3, 0.4) is 0 Å². The Morgan fingerprint density at radius 2 is 1.92 bits per heavy atom. The molecule has 1 nitrogen and oxygen atoms in total. The Labute approximate surface area is 78.4 Å². The molecule has 0 unspecified atom stereocenters. The van der Waals surface area contributed by atoms with Crippen LogP contribution in [0.15, 0.2) is 24.3 Å². The average Bonchev–Trinajstić information content (AvgIpc) is 2.09. The smallest absolute Gasteiger partial charge is 0.0831 e. The SMILES string of the molecule is Cc1ccc(CSCC[NH3+])cc1. The zero-order chi connectivity index (χ0) is 8.81. The van der Waals surface area contributed by atoms with Gasteiger partial charge in [-0.3, -0.25) is 0 Å². The fraction of sp³-hybridized carbons (Fsp3) is 0.400. The van der Waals surface area contributed by atoms with Gasteiger partial charge in [0.15, 0.2) is 0 Å². The van der Waals surface area contributed by atoms with E-state index in [1.807, 2.05) is 11.8 Å². The van der Waals surface area contributed by atoms with Crippen molar-refractivity contribution >= 4 is 11.8 Å². The predicted molar refractivity (Wildman–Crippen MR) is 55.1 cm³/mol. The molecule has 2 heteroatoms. The van der Waals surface area contributed by atoms with Crippen LogP contribution in [0.4, 0.5) is 0 Å². The summed E-state index contributed by atoms with van der Waals surface area (Å²) in [7, 11) is 0. The van der Waals surface area contributed by atoms with E-state index < -0.39 is 0 Å². The van der Waals surface area contributed by atoms with Gasteiger partial charge in [0.2, 0.25) is 0 Å². The molecule has 0 saturated heterocycles. The third-order valence-corrected chi connectivity index (χ3v) is 2.79. The Morgan fingerprint density at radius 3 is 2.50 bits per heavy atom. The molecule has 0 spiro atoms. The van der Waals surface area contributed by atoms with E-state index in [1.165, 1.54) is 11.1 Å². The van der Waals surface area contributed by atoms with E-state index in [4.69, 9.17) is 0 Å². The number of hydrogen-bond acceptors (Lipinski definition) is 1. The standard InChI is InChI=1S/C10H15NS/c1-9-2-4-10(5-3-9)8-12-7-6-11/h2-5H,6-8,11H2,1H3/p+1. The summed E-state index contributed by atoms with van der Waals surface area (Å²) in [5.74, 6) is 2.28. The molecule has 0 heterocycles. The maximum Gasteiger partial charge on any atom is 0.0831 e. The molecule has 1 aromatic carbocycles. The van der Waals surface area contributed by atoms with E-state index >= 15 is 0 Å². The molecular formula is C10H16NS+. The highest BCUT2D eigenvalue weighted by Crippen LogP contribution is 2.11. The van der Waals surface area contributed by atoms with Crippen LogP contribution in [0, 0.1) is 6.92 Å². The van der Waals surface area contributed by atoms with Gasteiger partial charge in [0, 0.05) is 11.5 Å². The van der Waals surface area contributed by atoms with Crippen LogP contribution >= 0.6 is 11.8 Å². The van der Waals surface area contributed by atoms with Gasteiger partial charge < -0.3 is 5.73 Å². The number of hydrogen-bond donors (Lipinski definition) is 1. The summed E-state index contributed by atoms with van der Waals surface area (Å²) in [6, 6.07) is 8.73. The van der Waals surface area contributed by atoms with Gasteiger partial charge >= 0.3 is 0 Å². The van der Waals surface area contributed by atoms with Gasteiger partial charge in [-0.05, 0) is 12.5 Å². The Morgan fingerprint density at radius 1 is 1.25 bits per heavy atom. The summed E-state index contributed by atoms with van der Waals surface area (Å²) in [6.45, 7) is 3.14. The second-order valence-electron chi connectivity index (χ2n) is 2.89. The molecule has 0 aromatic heterocycles. The van der Waals surface area contributed by atoms with E-state index in [-0.39, 0.29) is 0 Å². The second kappa shape index (κ2) is 5.22. The van der Waals surface area contributed by atoms with Crippen LogP contribution in [0.25, 0.3) is 0 Å². The van der Waals surface area contributed by atoms with E-state index in [9.17, 15) is 0 Å². The normalized spacial score (nSPS) is 10.2. The van der Waals surface area contributed by atoms with Crippen LogP contribution in [0.2, 0.25) is 0 Å². The number of benzene rings is 1. The van der Waals surface area contributed by atoms with Crippen LogP contribution in [-0.4, -0.2) is 12.3 Å². The molecule has 3 N–H and O–H groups in total. The van der Waals surface area contributed by atoms with Crippen molar-refractivity contribution in [1.29, 1.82) is 0 Å². The van der Waals surface area contributed by atoms with E-state index in [0.717, 1.165) is 18.1 Å². The van der Waals surface area contributed by atoms with Gasteiger partial charge in [-0.25, -0.2) is 0 Å². The predicted octanol–water partition coefficient (Wildman–Crippen LogP) is 1.47. The molecule has 0 aliphatic carbocycles. The summed E-state index contributed by atoms with van der Waals surface area (Å²) in [5, 5.41) is 0. The number of aryl methyl sites for hydroxylation is 1. The fourth-order valence-corrected chi connectivity index (χ4v) is 1.75. The highest BCUT2D eigenvalue weighted by Gasteiger charge is 1.92. The molecule has 0 saturated carbocycles. The number of thioether (sulfide) groups is 1. The monoisotopic (exact) mass is 182 g/mol. The first-order valence-electron chi connectivity index (χ1n) is 4.25. The maximum atomic E-state index is 3.81. The topological polar surface area (TPSA) is 27.6 Å². The minimum atomic E-state index is 1.02. The summed E-state index contributed by atoms with van der Waals surface area (Å²) in [4.78, 5) is 0. The van der Waals surface area contributed by atoms with E-state index in [1.54, 1.807) is 0 Å². The van der Waals surface area contributed by atoms with Crippen LogP contribution < -0.4 is 5.73 Å². The lowest BCUT2D eigenvalue weighted by molar-refractivity contribution is -0.360. The van der Waals surface area contributed by atoms with Gasteiger partial charge in [-0.1, -0.05) is 29.8 Å². The molecule has 66 valence electrons. The molecular weight excluding hydrogens is 166 g/mol. The van der Waals surface area contributed by atoms with Crippen molar-refractivity contribution < 1.29 is 5.73 Å². The lowest BCUT2D eigenvalue weighted by Crippen LogP contribution is -2.51. The summed E-state index contributed by atoms with van der Waals surface area (Å²) < 4.78 is 0. The van der Waals surface area contributed by atoms with Gasteiger partial charge in [0.25, 0.3) is 0 Å². The highest BCUT2D eigenvalue weighted by molar-refractivity contribution is 7.98. The fourth-order valence-electron chi connectivity index (χ4n) is 0.976. The molecule has 0 bridgehead atoms. The first-order chi connectivity index (χ1) is 5.83. The first-order valence-corrected chi connectivity index (χ1v) is 5.41. The molecule has 1 rings (SSSR count). The number of quaternary nitrogens is 1. The van der Waals surface area contributed by atoms with Crippen molar-refractivity contribution in [2.75, 3.05) is 12.3 Å². The third kappa shape index (κ3) is 3.28. The lowest BCUT2D eigenvalue weighted by atomic mass is 10.2. The Hall–Kier alpha value is -0.470. The van der Waals surface area contributed by atoms with Crippen molar-refractivity contribution in [1.82, 2.24) is 0 Å². The van der Waals surface area contributed by atoms with Crippen LogP contribution in [-0.2, 0) is 5.75 Å². The van der Waals surface area contributed by atoms with Crippen molar-refractivity contribution in [3.63, 3.8) is 0 Å².